The van der Waals surface area contributed by atoms with Crippen molar-refractivity contribution in [3.8, 4) is 0 Å². The lowest BCUT2D eigenvalue weighted by atomic mass is 9.77. The Hall–Kier alpha value is -0.610. The quantitative estimate of drug-likeness (QED) is 0.425. The van der Waals surface area contributed by atoms with Crippen molar-refractivity contribution in [2.75, 3.05) is 0 Å². The molecular formula is C5H8O4. The molecule has 0 radical (unpaired) electrons. The van der Waals surface area contributed by atoms with E-state index in [1.54, 1.807) is 0 Å². The SMILES string of the molecule is O=C(O)C1(O)CCC1O. The Morgan fingerprint density at radius 1 is 1.67 bits per heavy atom. The average molecular weight is 132 g/mol. The minimum atomic E-state index is -1.85. The second kappa shape index (κ2) is 1.68. The normalized spacial score (nSPS) is 41.8. The van der Waals surface area contributed by atoms with Crippen molar-refractivity contribution in [1.29, 1.82) is 0 Å². The molecule has 1 aliphatic carbocycles. The Kier molecular flexibility index (Phi) is 1.22. The van der Waals surface area contributed by atoms with Crippen molar-refractivity contribution < 1.29 is 20.1 Å². The molecule has 1 aliphatic rings. The van der Waals surface area contributed by atoms with E-state index in [-0.39, 0.29) is 6.42 Å². The molecule has 9 heavy (non-hydrogen) atoms. The standard InChI is InChI=1S/C5H8O4/c6-3-1-2-5(3,9)4(7)8/h3,6,9H,1-2H2,(H,7,8). The highest BCUT2D eigenvalue weighted by Gasteiger charge is 2.51. The molecule has 4 heteroatoms. The number of carbonyl (C=O) groups is 1. The molecule has 0 heterocycles. The maximum Gasteiger partial charge on any atom is 0.338 e. The van der Waals surface area contributed by atoms with Gasteiger partial charge in [0.15, 0.2) is 5.60 Å². The van der Waals surface area contributed by atoms with Gasteiger partial charge in [0.1, 0.15) is 0 Å². The highest BCUT2D eigenvalue weighted by Crippen LogP contribution is 2.31. The van der Waals surface area contributed by atoms with Crippen LogP contribution in [0, 0.1) is 0 Å². The molecule has 2 atom stereocenters. The van der Waals surface area contributed by atoms with Gasteiger partial charge in [0.2, 0.25) is 0 Å². The predicted molar refractivity (Wildman–Crippen MR) is 27.8 cm³/mol. The van der Waals surface area contributed by atoms with Gasteiger partial charge in [0.25, 0.3) is 0 Å². The molecule has 1 rings (SSSR count). The lowest BCUT2D eigenvalue weighted by Gasteiger charge is -2.37. The van der Waals surface area contributed by atoms with Crippen molar-refractivity contribution in [1.82, 2.24) is 0 Å². The third-order valence-electron chi connectivity index (χ3n) is 1.72. The van der Waals surface area contributed by atoms with Gasteiger partial charge in [-0.3, -0.25) is 0 Å². The highest BCUT2D eigenvalue weighted by atomic mass is 16.4. The summed E-state index contributed by atoms with van der Waals surface area (Å²) < 4.78 is 0. The molecular weight excluding hydrogens is 124 g/mol. The highest BCUT2D eigenvalue weighted by molar-refractivity contribution is 5.79. The summed E-state index contributed by atoms with van der Waals surface area (Å²) in [5, 5.41) is 25.9. The average Bonchev–Trinajstić information content (AvgIpc) is 1.82. The largest absolute Gasteiger partial charge is 0.479 e. The monoisotopic (exact) mass is 132 g/mol. The van der Waals surface area contributed by atoms with Crippen LogP contribution in [0.1, 0.15) is 12.8 Å². The summed E-state index contributed by atoms with van der Waals surface area (Å²) in [6, 6.07) is 0. The number of aliphatic hydroxyl groups is 2. The van der Waals surface area contributed by atoms with E-state index in [2.05, 4.69) is 0 Å². The van der Waals surface area contributed by atoms with Gasteiger partial charge in [0, 0.05) is 0 Å². The van der Waals surface area contributed by atoms with Crippen LogP contribution in [0.2, 0.25) is 0 Å². The van der Waals surface area contributed by atoms with Crippen molar-refractivity contribution in [2.24, 2.45) is 0 Å². The number of aliphatic hydroxyl groups excluding tert-OH is 1. The third-order valence-corrected chi connectivity index (χ3v) is 1.72. The molecule has 2 unspecified atom stereocenters. The molecule has 0 aromatic rings. The first-order valence-electron chi connectivity index (χ1n) is 2.71. The van der Waals surface area contributed by atoms with E-state index in [4.69, 9.17) is 15.3 Å². The summed E-state index contributed by atoms with van der Waals surface area (Å²) >= 11 is 0. The summed E-state index contributed by atoms with van der Waals surface area (Å²) in [4.78, 5) is 10.1. The van der Waals surface area contributed by atoms with Gasteiger partial charge in [-0.15, -0.1) is 0 Å². The summed E-state index contributed by atoms with van der Waals surface area (Å²) in [5.41, 5.74) is -1.85. The van der Waals surface area contributed by atoms with E-state index < -0.39 is 17.7 Å². The first kappa shape index (κ1) is 6.51. The predicted octanol–water partition coefficient (Wildman–Crippen LogP) is -1.04. The van der Waals surface area contributed by atoms with Gasteiger partial charge in [-0.25, -0.2) is 4.79 Å². The molecule has 0 bridgehead atoms. The Morgan fingerprint density at radius 2 is 2.22 bits per heavy atom. The number of hydrogen-bond donors (Lipinski definition) is 3. The molecule has 52 valence electrons. The molecule has 1 fully saturated rings. The number of hydrogen-bond acceptors (Lipinski definition) is 3. The fourth-order valence-electron chi connectivity index (χ4n) is 0.796. The summed E-state index contributed by atoms with van der Waals surface area (Å²) in [7, 11) is 0. The third kappa shape index (κ3) is 0.710. The summed E-state index contributed by atoms with van der Waals surface area (Å²) in [6.45, 7) is 0. The molecule has 0 aliphatic heterocycles. The molecule has 4 nitrogen and oxygen atoms in total. The van der Waals surface area contributed by atoms with Crippen LogP contribution < -0.4 is 0 Å². The molecule has 0 aromatic heterocycles. The minimum absolute atomic E-state index is 0.156. The fourth-order valence-corrected chi connectivity index (χ4v) is 0.796. The lowest BCUT2D eigenvalue weighted by Crippen LogP contribution is -2.57. The van der Waals surface area contributed by atoms with Crippen molar-refractivity contribution in [3.05, 3.63) is 0 Å². The topological polar surface area (TPSA) is 77.8 Å². The van der Waals surface area contributed by atoms with Crippen LogP contribution in [0.3, 0.4) is 0 Å². The Balaban J connectivity index is 2.64. The summed E-state index contributed by atoms with van der Waals surface area (Å²) in [5.74, 6) is -1.33. The Bertz CT molecular complexity index is 144. The Labute approximate surface area is 51.7 Å². The van der Waals surface area contributed by atoms with Gasteiger partial charge >= 0.3 is 5.97 Å². The number of rotatable bonds is 1. The molecule has 0 saturated heterocycles. The van der Waals surface area contributed by atoms with E-state index >= 15 is 0 Å². The fraction of sp³-hybridized carbons (Fsp3) is 0.800. The Morgan fingerprint density at radius 3 is 2.22 bits per heavy atom. The van der Waals surface area contributed by atoms with Gasteiger partial charge in [-0.2, -0.15) is 0 Å². The number of carboxylic acid groups (broad SMARTS) is 1. The van der Waals surface area contributed by atoms with Gasteiger partial charge in [-0.05, 0) is 12.8 Å². The number of aliphatic carboxylic acids is 1. The van der Waals surface area contributed by atoms with Crippen LogP contribution in [0.25, 0.3) is 0 Å². The second-order valence-corrected chi connectivity index (χ2v) is 2.28. The zero-order valence-electron chi connectivity index (χ0n) is 4.74. The molecule has 3 N–H and O–H groups in total. The number of carboxylic acids is 1. The van der Waals surface area contributed by atoms with Crippen molar-refractivity contribution in [3.63, 3.8) is 0 Å². The van der Waals surface area contributed by atoms with Crippen molar-refractivity contribution >= 4 is 5.97 Å². The second-order valence-electron chi connectivity index (χ2n) is 2.28. The van der Waals surface area contributed by atoms with Crippen molar-refractivity contribution in [2.45, 2.75) is 24.5 Å². The van der Waals surface area contributed by atoms with E-state index in [1.165, 1.54) is 0 Å². The van der Waals surface area contributed by atoms with E-state index in [0.717, 1.165) is 0 Å². The lowest BCUT2D eigenvalue weighted by molar-refractivity contribution is -0.192. The van der Waals surface area contributed by atoms with Gasteiger partial charge < -0.3 is 15.3 Å². The zero-order chi connectivity index (χ0) is 7.07. The smallest absolute Gasteiger partial charge is 0.338 e. The van der Waals surface area contributed by atoms with Crippen LogP contribution in [-0.2, 0) is 4.79 Å². The molecule has 0 amide bonds. The van der Waals surface area contributed by atoms with Gasteiger partial charge in [0.05, 0.1) is 6.10 Å². The van der Waals surface area contributed by atoms with Crippen LogP contribution in [0.5, 0.6) is 0 Å². The maximum atomic E-state index is 10.1. The van der Waals surface area contributed by atoms with Crippen LogP contribution in [0.4, 0.5) is 0 Å². The molecule has 0 aromatic carbocycles. The molecule has 1 saturated carbocycles. The van der Waals surface area contributed by atoms with Crippen LogP contribution in [0.15, 0.2) is 0 Å². The first-order valence-corrected chi connectivity index (χ1v) is 2.71. The first-order chi connectivity index (χ1) is 4.07. The van der Waals surface area contributed by atoms with E-state index in [1.807, 2.05) is 0 Å². The van der Waals surface area contributed by atoms with E-state index in [0.29, 0.717) is 6.42 Å². The molecule has 0 spiro atoms. The van der Waals surface area contributed by atoms with Crippen LogP contribution in [-0.4, -0.2) is 33.0 Å². The van der Waals surface area contributed by atoms with E-state index in [9.17, 15) is 4.79 Å². The summed E-state index contributed by atoms with van der Waals surface area (Å²) in [6.07, 6.45) is -0.540. The maximum absolute atomic E-state index is 10.1. The zero-order valence-corrected chi connectivity index (χ0v) is 4.74. The minimum Gasteiger partial charge on any atom is -0.479 e. The van der Waals surface area contributed by atoms with Crippen LogP contribution >= 0.6 is 0 Å². The van der Waals surface area contributed by atoms with Gasteiger partial charge in [-0.1, -0.05) is 0 Å².